The van der Waals surface area contributed by atoms with Gasteiger partial charge in [-0.2, -0.15) is 0 Å². The van der Waals surface area contributed by atoms with Crippen LogP contribution in [0.1, 0.15) is 35.9 Å². The van der Waals surface area contributed by atoms with Crippen LogP contribution in [0.2, 0.25) is 0 Å². The average Bonchev–Trinajstić information content (AvgIpc) is 2.26. The summed E-state index contributed by atoms with van der Waals surface area (Å²) in [5, 5.41) is 0.0839. The van der Waals surface area contributed by atoms with Crippen LogP contribution in [0.25, 0.3) is 0 Å². The zero-order valence-corrected chi connectivity index (χ0v) is 11.5. The molecule has 1 atom stereocenters. The number of halogens is 2. The molecular formula is C10H14BrClS. The third-order valence-electron chi connectivity index (χ3n) is 1.83. The zero-order valence-electron chi connectivity index (χ0n) is 8.32. The van der Waals surface area contributed by atoms with Crippen molar-refractivity contribution < 1.29 is 0 Å². The molecule has 1 aromatic heterocycles. The summed E-state index contributed by atoms with van der Waals surface area (Å²) in [4.78, 5) is 2.54. The Morgan fingerprint density at radius 1 is 1.46 bits per heavy atom. The molecule has 0 aromatic carbocycles. The highest BCUT2D eigenvalue weighted by atomic mass is 79.9. The van der Waals surface area contributed by atoms with E-state index in [1.165, 1.54) is 9.75 Å². The molecule has 0 aliphatic carbocycles. The lowest BCUT2D eigenvalue weighted by Crippen LogP contribution is -2.12. The molecule has 0 fully saturated rings. The van der Waals surface area contributed by atoms with Crippen molar-refractivity contribution in [1.82, 2.24) is 0 Å². The Labute approximate surface area is 97.4 Å². The Balaban J connectivity index is 3.01. The molecule has 0 amide bonds. The molecule has 0 saturated carbocycles. The van der Waals surface area contributed by atoms with Crippen molar-refractivity contribution in [2.75, 3.05) is 0 Å². The predicted octanol–water partition coefficient (Wildman–Crippen LogP) is 5.15. The normalized spacial score (nSPS) is 14.6. The van der Waals surface area contributed by atoms with E-state index in [-0.39, 0.29) is 10.8 Å². The van der Waals surface area contributed by atoms with Gasteiger partial charge in [0.25, 0.3) is 0 Å². The molecule has 0 saturated heterocycles. The molecule has 0 N–H and O–H groups in total. The summed E-state index contributed by atoms with van der Waals surface area (Å²) < 4.78 is 1.14. The SMILES string of the molecule is Cc1cc(Br)c(C(Cl)C(C)(C)C)s1. The fraction of sp³-hybridized carbons (Fsp3) is 0.600. The fourth-order valence-electron chi connectivity index (χ4n) is 1.07. The molecule has 74 valence electrons. The Morgan fingerprint density at radius 2 is 2.00 bits per heavy atom. The first kappa shape index (κ1) is 11.5. The Morgan fingerprint density at radius 3 is 2.31 bits per heavy atom. The monoisotopic (exact) mass is 280 g/mol. The number of hydrogen-bond donors (Lipinski definition) is 0. The van der Waals surface area contributed by atoms with Crippen molar-refractivity contribution in [3.8, 4) is 0 Å². The van der Waals surface area contributed by atoms with Crippen molar-refractivity contribution >= 4 is 38.9 Å². The highest BCUT2D eigenvalue weighted by Gasteiger charge is 2.27. The first-order valence-corrected chi connectivity index (χ1v) is 6.27. The maximum atomic E-state index is 6.38. The minimum absolute atomic E-state index is 0.0839. The van der Waals surface area contributed by atoms with Gasteiger partial charge in [-0.25, -0.2) is 0 Å². The molecule has 0 bridgehead atoms. The van der Waals surface area contributed by atoms with E-state index in [9.17, 15) is 0 Å². The van der Waals surface area contributed by atoms with Crippen molar-refractivity contribution in [1.29, 1.82) is 0 Å². The van der Waals surface area contributed by atoms with E-state index < -0.39 is 0 Å². The lowest BCUT2D eigenvalue weighted by atomic mass is 9.91. The first-order chi connectivity index (χ1) is 5.82. The van der Waals surface area contributed by atoms with Crippen LogP contribution in [-0.4, -0.2) is 0 Å². The molecule has 1 rings (SSSR count). The second kappa shape index (κ2) is 3.92. The standard InChI is InChI=1S/C10H14BrClS/c1-6-5-7(11)8(13-6)9(12)10(2,3)4/h5,9H,1-4H3. The summed E-state index contributed by atoms with van der Waals surface area (Å²) in [6, 6.07) is 2.13. The first-order valence-electron chi connectivity index (χ1n) is 4.22. The zero-order chi connectivity index (χ0) is 10.2. The van der Waals surface area contributed by atoms with Crippen molar-refractivity contribution in [3.63, 3.8) is 0 Å². The van der Waals surface area contributed by atoms with Crippen LogP contribution < -0.4 is 0 Å². The topological polar surface area (TPSA) is 0 Å². The number of thiophene rings is 1. The van der Waals surface area contributed by atoms with E-state index in [0.29, 0.717) is 0 Å². The third-order valence-corrected chi connectivity index (χ3v) is 4.86. The van der Waals surface area contributed by atoms with E-state index in [1.54, 1.807) is 11.3 Å². The highest BCUT2D eigenvalue weighted by molar-refractivity contribution is 9.10. The summed E-state index contributed by atoms with van der Waals surface area (Å²) in [5.74, 6) is 0. The van der Waals surface area contributed by atoms with Crippen molar-refractivity contribution in [2.45, 2.75) is 33.1 Å². The van der Waals surface area contributed by atoms with E-state index in [2.05, 4.69) is 49.7 Å². The molecule has 1 heterocycles. The van der Waals surface area contributed by atoms with Crippen LogP contribution in [0.4, 0.5) is 0 Å². The number of alkyl halides is 1. The van der Waals surface area contributed by atoms with Gasteiger partial charge in [0.05, 0.1) is 5.38 Å². The summed E-state index contributed by atoms with van der Waals surface area (Å²) >= 11 is 11.7. The second-order valence-corrected chi connectivity index (χ2v) is 6.88. The van der Waals surface area contributed by atoms with Gasteiger partial charge in [0.2, 0.25) is 0 Å². The van der Waals surface area contributed by atoms with Gasteiger partial charge in [0.15, 0.2) is 0 Å². The maximum absolute atomic E-state index is 6.38. The molecule has 0 spiro atoms. The molecule has 1 aromatic rings. The van der Waals surface area contributed by atoms with Gasteiger partial charge in [-0.05, 0) is 34.3 Å². The minimum Gasteiger partial charge on any atom is -0.143 e. The summed E-state index contributed by atoms with van der Waals surface area (Å²) in [6.07, 6.45) is 0. The van der Waals surface area contributed by atoms with E-state index in [0.717, 1.165) is 4.47 Å². The number of hydrogen-bond acceptors (Lipinski definition) is 1. The van der Waals surface area contributed by atoms with E-state index in [4.69, 9.17) is 11.6 Å². The van der Waals surface area contributed by atoms with Crippen LogP contribution >= 0.6 is 38.9 Å². The van der Waals surface area contributed by atoms with Crippen molar-refractivity contribution in [3.05, 3.63) is 20.3 Å². The smallest absolute Gasteiger partial charge is 0.0738 e. The van der Waals surface area contributed by atoms with Crippen LogP contribution in [0, 0.1) is 12.3 Å². The second-order valence-electron chi connectivity index (χ2n) is 4.30. The summed E-state index contributed by atoms with van der Waals surface area (Å²) in [5.41, 5.74) is 0.112. The van der Waals surface area contributed by atoms with Crippen molar-refractivity contribution in [2.24, 2.45) is 5.41 Å². The Kier molecular flexibility index (Phi) is 3.48. The lowest BCUT2D eigenvalue weighted by Gasteiger charge is -2.24. The quantitative estimate of drug-likeness (QED) is 0.625. The van der Waals surface area contributed by atoms with Gasteiger partial charge < -0.3 is 0 Å². The highest BCUT2D eigenvalue weighted by Crippen LogP contribution is 2.44. The van der Waals surface area contributed by atoms with Crippen LogP contribution in [0.15, 0.2) is 10.5 Å². The largest absolute Gasteiger partial charge is 0.143 e. The number of rotatable bonds is 1. The van der Waals surface area contributed by atoms with Crippen LogP contribution in [0.5, 0.6) is 0 Å². The minimum atomic E-state index is 0.0839. The number of aryl methyl sites for hydroxylation is 1. The van der Waals surface area contributed by atoms with Gasteiger partial charge in [0.1, 0.15) is 0 Å². The van der Waals surface area contributed by atoms with Gasteiger partial charge in [-0.1, -0.05) is 20.8 Å². The van der Waals surface area contributed by atoms with E-state index in [1.807, 2.05) is 0 Å². The van der Waals surface area contributed by atoms with Crippen LogP contribution in [0.3, 0.4) is 0 Å². The Bertz CT molecular complexity index is 298. The Hall–Kier alpha value is 0.470. The third kappa shape index (κ3) is 2.71. The molecule has 1 unspecified atom stereocenters. The molecule has 3 heteroatoms. The fourth-order valence-corrected chi connectivity index (χ4v) is 3.55. The summed E-state index contributed by atoms with van der Waals surface area (Å²) in [6.45, 7) is 8.58. The van der Waals surface area contributed by atoms with Gasteiger partial charge in [-0.15, -0.1) is 22.9 Å². The maximum Gasteiger partial charge on any atom is 0.0738 e. The molecule has 0 radical (unpaired) electrons. The van der Waals surface area contributed by atoms with Gasteiger partial charge in [-0.3, -0.25) is 0 Å². The molecule has 13 heavy (non-hydrogen) atoms. The summed E-state index contributed by atoms with van der Waals surface area (Å²) in [7, 11) is 0. The van der Waals surface area contributed by atoms with Gasteiger partial charge >= 0.3 is 0 Å². The van der Waals surface area contributed by atoms with Gasteiger partial charge in [0, 0.05) is 14.2 Å². The van der Waals surface area contributed by atoms with E-state index >= 15 is 0 Å². The molecule has 0 aliphatic heterocycles. The molecule has 0 aliphatic rings. The molecule has 0 nitrogen and oxygen atoms in total. The predicted molar refractivity (Wildman–Crippen MR) is 64.8 cm³/mol. The molecular weight excluding hydrogens is 268 g/mol. The average molecular weight is 282 g/mol. The lowest BCUT2D eigenvalue weighted by molar-refractivity contribution is 0.398. The van der Waals surface area contributed by atoms with Crippen LogP contribution in [-0.2, 0) is 0 Å².